The van der Waals surface area contributed by atoms with Gasteiger partial charge >= 0.3 is 5.97 Å². The molecule has 0 aliphatic carbocycles. The number of nitrogens with zero attached hydrogens (tertiary/aromatic N) is 1. The number of methoxy groups -OCH3 is 1. The van der Waals surface area contributed by atoms with Crippen molar-refractivity contribution in [2.24, 2.45) is 0 Å². The lowest BCUT2D eigenvalue weighted by molar-refractivity contribution is 0.0601. The SMILES string of the molecule is CCCC(CCC)c1c(Br)n(CC)c2cc(C(=O)OC)ccc12. The van der Waals surface area contributed by atoms with Gasteiger partial charge in [-0.3, -0.25) is 0 Å². The molecule has 2 aromatic rings. The summed E-state index contributed by atoms with van der Waals surface area (Å²) in [5.74, 6) is 0.269. The van der Waals surface area contributed by atoms with Gasteiger partial charge in [0.1, 0.15) is 0 Å². The minimum Gasteiger partial charge on any atom is -0.465 e. The molecule has 0 N–H and O–H groups in total. The van der Waals surface area contributed by atoms with E-state index in [1.165, 1.54) is 43.7 Å². The molecule has 0 unspecified atom stereocenters. The molecule has 2 rings (SSSR count). The first-order valence-electron chi connectivity index (χ1n) is 8.48. The van der Waals surface area contributed by atoms with Crippen molar-refractivity contribution in [2.75, 3.05) is 7.11 Å². The maximum Gasteiger partial charge on any atom is 0.337 e. The van der Waals surface area contributed by atoms with E-state index in [0.29, 0.717) is 11.5 Å². The third-order valence-electron chi connectivity index (χ3n) is 4.46. The molecule has 0 atom stereocenters. The summed E-state index contributed by atoms with van der Waals surface area (Å²) in [5.41, 5.74) is 3.10. The standard InChI is InChI=1S/C19H26BrNO2/c1-5-8-13(9-6-2)17-15-11-10-14(19(22)23-4)12-16(15)21(7-3)18(17)20/h10-13H,5-9H2,1-4H3. The number of ether oxygens (including phenoxy) is 1. The molecule has 126 valence electrons. The highest BCUT2D eigenvalue weighted by Gasteiger charge is 2.22. The van der Waals surface area contributed by atoms with E-state index in [2.05, 4.69) is 47.3 Å². The van der Waals surface area contributed by atoms with E-state index in [1.54, 1.807) is 0 Å². The predicted octanol–water partition coefficient (Wildman–Crippen LogP) is 5.89. The Labute approximate surface area is 147 Å². The van der Waals surface area contributed by atoms with E-state index in [-0.39, 0.29) is 5.97 Å². The van der Waals surface area contributed by atoms with Gasteiger partial charge in [0.05, 0.1) is 22.8 Å². The molecule has 0 saturated heterocycles. The molecule has 1 heterocycles. The van der Waals surface area contributed by atoms with Crippen LogP contribution >= 0.6 is 15.9 Å². The third-order valence-corrected chi connectivity index (χ3v) is 5.31. The second-order valence-electron chi connectivity index (χ2n) is 5.95. The number of aromatic nitrogens is 1. The Morgan fingerprint density at radius 2 is 1.87 bits per heavy atom. The van der Waals surface area contributed by atoms with Gasteiger partial charge in [0.15, 0.2) is 0 Å². The summed E-state index contributed by atoms with van der Waals surface area (Å²) >= 11 is 3.82. The summed E-state index contributed by atoms with van der Waals surface area (Å²) in [6, 6.07) is 5.90. The topological polar surface area (TPSA) is 31.2 Å². The lowest BCUT2D eigenvalue weighted by Gasteiger charge is -2.16. The van der Waals surface area contributed by atoms with E-state index < -0.39 is 0 Å². The van der Waals surface area contributed by atoms with Crippen molar-refractivity contribution in [2.45, 2.75) is 58.9 Å². The van der Waals surface area contributed by atoms with Crippen LogP contribution in [0.25, 0.3) is 10.9 Å². The number of aryl methyl sites for hydroxylation is 1. The van der Waals surface area contributed by atoms with Crippen LogP contribution in [0.5, 0.6) is 0 Å². The summed E-state index contributed by atoms with van der Waals surface area (Å²) in [7, 11) is 1.42. The Morgan fingerprint density at radius 3 is 2.39 bits per heavy atom. The summed E-state index contributed by atoms with van der Waals surface area (Å²) in [6.45, 7) is 7.48. The molecular weight excluding hydrogens is 354 g/mol. The Hall–Kier alpha value is -1.29. The zero-order chi connectivity index (χ0) is 17.0. The molecule has 0 spiro atoms. The van der Waals surface area contributed by atoms with E-state index in [1.807, 2.05) is 12.1 Å². The molecule has 1 aromatic carbocycles. The molecule has 0 bridgehead atoms. The summed E-state index contributed by atoms with van der Waals surface area (Å²) in [6.07, 6.45) is 4.73. The summed E-state index contributed by atoms with van der Waals surface area (Å²) < 4.78 is 8.26. The van der Waals surface area contributed by atoms with Crippen LogP contribution in [0.3, 0.4) is 0 Å². The second-order valence-corrected chi connectivity index (χ2v) is 6.70. The highest BCUT2D eigenvalue weighted by atomic mass is 79.9. The fourth-order valence-corrected chi connectivity index (χ4v) is 4.40. The minimum atomic E-state index is -0.285. The molecule has 0 amide bonds. The van der Waals surface area contributed by atoms with Gasteiger partial charge in [-0.25, -0.2) is 4.79 Å². The molecule has 0 aliphatic heterocycles. The average Bonchev–Trinajstić information content (AvgIpc) is 2.84. The Balaban J connectivity index is 2.65. The van der Waals surface area contributed by atoms with Crippen molar-refractivity contribution < 1.29 is 9.53 Å². The quantitative estimate of drug-likeness (QED) is 0.561. The average molecular weight is 380 g/mol. The lowest BCUT2D eigenvalue weighted by Crippen LogP contribution is -2.01. The van der Waals surface area contributed by atoms with Crippen LogP contribution in [-0.4, -0.2) is 17.6 Å². The number of halogens is 1. The van der Waals surface area contributed by atoms with Gasteiger partial charge in [0.25, 0.3) is 0 Å². The molecule has 0 fully saturated rings. The van der Waals surface area contributed by atoms with Crippen molar-refractivity contribution in [3.05, 3.63) is 33.9 Å². The second kappa shape index (κ2) is 8.00. The van der Waals surface area contributed by atoms with Gasteiger partial charge in [-0.2, -0.15) is 0 Å². The number of hydrogen-bond acceptors (Lipinski definition) is 2. The van der Waals surface area contributed by atoms with Crippen molar-refractivity contribution in [1.82, 2.24) is 4.57 Å². The molecule has 0 saturated carbocycles. The first kappa shape index (κ1) is 18.1. The van der Waals surface area contributed by atoms with E-state index in [4.69, 9.17) is 4.74 Å². The van der Waals surface area contributed by atoms with Gasteiger partial charge in [-0.15, -0.1) is 0 Å². The molecule has 1 aromatic heterocycles. The zero-order valence-corrected chi connectivity index (χ0v) is 16.1. The van der Waals surface area contributed by atoms with E-state index in [0.717, 1.165) is 16.7 Å². The van der Waals surface area contributed by atoms with E-state index in [9.17, 15) is 4.79 Å². The van der Waals surface area contributed by atoms with Crippen molar-refractivity contribution in [1.29, 1.82) is 0 Å². The molecule has 0 aliphatic rings. The maximum atomic E-state index is 11.8. The van der Waals surface area contributed by atoms with Crippen molar-refractivity contribution in [3.63, 3.8) is 0 Å². The number of esters is 1. The van der Waals surface area contributed by atoms with Gasteiger partial charge in [-0.1, -0.05) is 32.8 Å². The Bertz CT molecular complexity index is 684. The number of rotatable bonds is 7. The van der Waals surface area contributed by atoms with Crippen LogP contribution in [0.15, 0.2) is 22.8 Å². The molecule has 3 nitrogen and oxygen atoms in total. The minimum absolute atomic E-state index is 0.285. The van der Waals surface area contributed by atoms with Crippen LogP contribution < -0.4 is 0 Å². The molecule has 0 radical (unpaired) electrons. The highest BCUT2D eigenvalue weighted by molar-refractivity contribution is 9.10. The van der Waals surface area contributed by atoms with Crippen molar-refractivity contribution in [3.8, 4) is 0 Å². The van der Waals surface area contributed by atoms with Gasteiger partial charge in [0, 0.05) is 11.9 Å². The van der Waals surface area contributed by atoms with Gasteiger partial charge in [0.2, 0.25) is 0 Å². The maximum absolute atomic E-state index is 11.8. The van der Waals surface area contributed by atoms with Crippen LogP contribution in [-0.2, 0) is 11.3 Å². The van der Waals surface area contributed by atoms with Crippen LogP contribution in [0.1, 0.15) is 68.3 Å². The monoisotopic (exact) mass is 379 g/mol. The Morgan fingerprint density at radius 1 is 1.22 bits per heavy atom. The number of hydrogen-bond donors (Lipinski definition) is 0. The number of fused-ring (bicyclic) bond motifs is 1. The Kier molecular flexibility index (Phi) is 6.28. The van der Waals surface area contributed by atoms with Gasteiger partial charge in [-0.05, 0) is 59.3 Å². The van der Waals surface area contributed by atoms with Crippen molar-refractivity contribution >= 4 is 32.8 Å². The number of benzene rings is 1. The molecule has 23 heavy (non-hydrogen) atoms. The normalized spacial score (nSPS) is 11.4. The van der Waals surface area contributed by atoms with Crippen LogP contribution in [0.2, 0.25) is 0 Å². The predicted molar refractivity (Wildman–Crippen MR) is 99.2 cm³/mol. The third kappa shape index (κ3) is 3.47. The first-order valence-corrected chi connectivity index (χ1v) is 9.28. The smallest absolute Gasteiger partial charge is 0.337 e. The first-order chi connectivity index (χ1) is 11.1. The number of carbonyl (C=O) groups excluding carboxylic acids is 1. The summed E-state index contributed by atoms with van der Waals surface area (Å²) in [5, 5.41) is 1.25. The molecular formula is C19H26BrNO2. The number of carbonyl (C=O) groups is 1. The van der Waals surface area contributed by atoms with Crippen LogP contribution in [0.4, 0.5) is 0 Å². The summed E-state index contributed by atoms with van der Waals surface area (Å²) in [4.78, 5) is 11.8. The fourth-order valence-electron chi connectivity index (χ4n) is 3.42. The van der Waals surface area contributed by atoms with E-state index >= 15 is 0 Å². The largest absolute Gasteiger partial charge is 0.465 e. The van der Waals surface area contributed by atoms with Crippen LogP contribution in [0, 0.1) is 0 Å². The van der Waals surface area contributed by atoms with Gasteiger partial charge < -0.3 is 9.30 Å². The lowest BCUT2D eigenvalue weighted by atomic mass is 9.90. The highest BCUT2D eigenvalue weighted by Crippen LogP contribution is 2.40. The molecule has 4 heteroatoms. The zero-order valence-electron chi connectivity index (χ0n) is 14.5. The fraction of sp³-hybridized carbons (Fsp3) is 0.526.